The van der Waals surface area contributed by atoms with Crippen molar-refractivity contribution in [3.05, 3.63) is 35.3 Å². The number of nitrogens with zero attached hydrogens (tertiary/aromatic N) is 1. The zero-order valence-corrected chi connectivity index (χ0v) is 15.8. The largest absolute Gasteiger partial charge is 0.494 e. The SMILES string of the molecule is CCOc1ccc(-c2nc(CC(=O)NC(C)(COC)C(=O)O)cs2)cc1. The van der Waals surface area contributed by atoms with Crippen LogP contribution < -0.4 is 10.1 Å². The highest BCUT2D eigenvalue weighted by Crippen LogP contribution is 2.26. The molecule has 1 heterocycles. The van der Waals surface area contributed by atoms with Crippen LogP contribution in [0.15, 0.2) is 29.6 Å². The zero-order valence-electron chi connectivity index (χ0n) is 14.9. The lowest BCUT2D eigenvalue weighted by molar-refractivity contribution is -0.149. The minimum absolute atomic E-state index is 0.000113. The van der Waals surface area contributed by atoms with Crippen LogP contribution in [0.25, 0.3) is 10.6 Å². The molecule has 2 N–H and O–H groups in total. The quantitative estimate of drug-likeness (QED) is 0.695. The Labute approximate surface area is 156 Å². The Kier molecular flexibility index (Phi) is 6.70. The van der Waals surface area contributed by atoms with Gasteiger partial charge in [0.15, 0.2) is 5.54 Å². The van der Waals surface area contributed by atoms with Gasteiger partial charge in [-0.25, -0.2) is 9.78 Å². The van der Waals surface area contributed by atoms with Crippen molar-refractivity contribution in [3.63, 3.8) is 0 Å². The van der Waals surface area contributed by atoms with Crippen molar-refractivity contribution in [2.75, 3.05) is 20.3 Å². The molecule has 0 aliphatic carbocycles. The maximum Gasteiger partial charge on any atom is 0.331 e. The van der Waals surface area contributed by atoms with Crippen LogP contribution in [0, 0.1) is 0 Å². The Balaban J connectivity index is 2.03. The summed E-state index contributed by atoms with van der Waals surface area (Å²) in [7, 11) is 1.39. The first kappa shape index (κ1) is 19.9. The van der Waals surface area contributed by atoms with Crippen molar-refractivity contribution in [2.45, 2.75) is 25.8 Å². The fourth-order valence-corrected chi connectivity index (χ4v) is 3.16. The number of aromatic nitrogens is 1. The van der Waals surface area contributed by atoms with E-state index in [-0.39, 0.29) is 13.0 Å². The van der Waals surface area contributed by atoms with E-state index in [9.17, 15) is 14.7 Å². The minimum Gasteiger partial charge on any atom is -0.494 e. The zero-order chi connectivity index (χ0) is 19.2. The van der Waals surface area contributed by atoms with Crippen molar-refractivity contribution in [2.24, 2.45) is 0 Å². The third-order valence-electron chi connectivity index (χ3n) is 3.63. The summed E-state index contributed by atoms with van der Waals surface area (Å²) in [4.78, 5) is 28.0. The Morgan fingerprint density at radius 1 is 1.31 bits per heavy atom. The molecule has 26 heavy (non-hydrogen) atoms. The predicted molar refractivity (Wildman–Crippen MR) is 98.5 cm³/mol. The highest BCUT2D eigenvalue weighted by molar-refractivity contribution is 7.13. The van der Waals surface area contributed by atoms with Gasteiger partial charge < -0.3 is 19.9 Å². The lowest BCUT2D eigenvalue weighted by Crippen LogP contribution is -2.55. The lowest BCUT2D eigenvalue weighted by atomic mass is 10.0. The first-order chi connectivity index (χ1) is 12.4. The van der Waals surface area contributed by atoms with Crippen LogP contribution in [0.2, 0.25) is 0 Å². The van der Waals surface area contributed by atoms with Gasteiger partial charge in [0.2, 0.25) is 5.91 Å². The number of amides is 1. The molecule has 140 valence electrons. The van der Waals surface area contributed by atoms with Crippen LogP contribution in [0.4, 0.5) is 0 Å². The van der Waals surface area contributed by atoms with Gasteiger partial charge >= 0.3 is 5.97 Å². The van der Waals surface area contributed by atoms with Gasteiger partial charge in [-0.15, -0.1) is 11.3 Å². The average Bonchev–Trinajstić information content (AvgIpc) is 3.04. The van der Waals surface area contributed by atoms with Crippen molar-refractivity contribution in [3.8, 4) is 16.3 Å². The maximum atomic E-state index is 12.2. The summed E-state index contributed by atoms with van der Waals surface area (Å²) < 4.78 is 10.3. The summed E-state index contributed by atoms with van der Waals surface area (Å²) in [6.07, 6.45) is 0.000113. The normalized spacial score (nSPS) is 13.0. The number of carbonyl (C=O) groups excluding carboxylic acids is 1. The summed E-state index contributed by atoms with van der Waals surface area (Å²) in [6.45, 7) is 3.81. The smallest absolute Gasteiger partial charge is 0.331 e. The molecule has 0 fully saturated rings. The van der Waals surface area contributed by atoms with E-state index >= 15 is 0 Å². The number of rotatable bonds is 9. The Morgan fingerprint density at radius 2 is 2.00 bits per heavy atom. The summed E-state index contributed by atoms with van der Waals surface area (Å²) in [5.74, 6) is -0.782. The average molecular weight is 378 g/mol. The molecule has 1 atom stereocenters. The Hall–Kier alpha value is -2.45. The number of ether oxygens (including phenoxy) is 2. The van der Waals surface area contributed by atoms with Gasteiger partial charge in [-0.1, -0.05) is 0 Å². The number of carbonyl (C=O) groups is 2. The van der Waals surface area contributed by atoms with Crippen LogP contribution in [0.1, 0.15) is 19.5 Å². The van der Waals surface area contributed by atoms with E-state index in [1.807, 2.05) is 31.2 Å². The van der Waals surface area contributed by atoms with Gasteiger partial charge in [0.25, 0.3) is 0 Å². The van der Waals surface area contributed by atoms with Crippen LogP contribution >= 0.6 is 11.3 Å². The van der Waals surface area contributed by atoms with Crippen molar-refractivity contribution in [1.29, 1.82) is 0 Å². The number of hydrogen-bond donors (Lipinski definition) is 2. The van der Waals surface area contributed by atoms with Gasteiger partial charge in [-0.3, -0.25) is 4.79 Å². The Morgan fingerprint density at radius 3 is 2.58 bits per heavy atom. The first-order valence-corrected chi connectivity index (χ1v) is 8.97. The first-order valence-electron chi connectivity index (χ1n) is 8.09. The number of hydrogen-bond acceptors (Lipinski definition) is 6. The monoisotopic (exact) mass is 378 g/mol. The van der Waals surface area contributed by atoms with Crippen LogP contribution in [-0.2, 0) is 20.7 Å². The van der Waals surface area contributed by atoms with E-state index in [4.69, 9.17) is 9.47 Å². The molecule has 0 saturated heterocycles. The molecule has 7 nitrogen and oxygen atoms in total. The lowest BCUT2D eigenvalue weighted by Gasteiger charge is -2.25. The number of thiazole rings is 1. The molecule has 0 spiro atoms. The van der Waals surface area contributed by atoms with Gasteiger partial charge in [-0.2, -0.15) is 0 Å². The van der Waals surface area contributed by atoms with Crippen LogP contribution in [0.5, 0.6) is 5.75 Å². The molecule has 1 amide bonds. The number of nitrogens with one attached hydrogen (secondary N) is 1. The second-order valence-corrected chi connectivity index (χ2v) is 6.75. The highest BCUT2D eigenvalue weighted by Gasteiger charge is 2.35. The number of benzene rings is 1. The second-order valence-electron chi connectivity index (χ2n) is 5.90. The molecule has 1 unspecified atom stereocenters. The molecule has 2 aromatic rings. The van der Waals surface area contributed by atoms with E-state index < -0.39 is 17.4 Å². The van der Waals surface area contributed by atoms with E-state index in [1.54, 1.807) is 5.38 Å². The number of aliphatic carboxylic acids is 1. The summed E-state index contributed by atoms with van der Waals surface area (Å²) >= 11 is 1.43. The Bertz CT molecular complexity index is 759. The van der Waals surface area contributed by atoms with Crippen molar-refractivity contribution < 1.29 is 24.2 Å². The van der Waals surface area contributed by atoms with Gasteiger partial charge in [-0.05, 0) is 38.1 Å². The number of carboxylic acids is 1. The second kappa shape index (κ2) is 8.77. The van der Waals surface area contributed by atoms with E-state index in [2.05, 4.69) is 10.3 Å². The van der Waals surface area contributed by atoms with Crippen molar-refractivity contribution >= 4 is 23.2 Å². The van der Waals surface area contributed by atoms with E-state index in [1.165, 1.54) is 25.4 Å². The summed E-state index contributed by atoms with van der Waals surface area (Å²) in [5.41, 5.74) is 0.0428. The fraction of sp³-hybridized carbons (Fsp3) is 0.389. The topological polar surface area (TPSA) is 97.8 Å². The van der Waals surface area contributed by atoms with Crippen molar-refractivity contribution in [1.82, 2.24) is 10.3 Å². The maximum absolute atomic E-state index is 12.2. The third kappa shape index (κ3) is 5.03. The van der Waals surface area contributed by atoms with E-state index in [0.29, 0.717) is 12.3 Å². The molecule has 0 bridgehead atoms. The molecule has 1 aromatic heterocycles. The van der Waals surface area contributed by atoms with Gasteiger partial charge in [0.1, 0.15) is 10.8 Å². The molecule has 0 aliphatic rings. The molecular formula is C18H22N2O5S. The van der Waals surface area contributed by atoms with Crippen LogP contribution in [0.3, 0.4) is 0 Å². The predicted octanol–water partition coefficient (Wildman–Crippen LogP) is 2.36. The third-order valence-corrected chi connectivity index (χ3v) is 4.57. The number of methoxy groups -OCH3 is 1. The standard InChI is InChI=1S/C18H22N2O5S/c1-4-25-14-7-5-12(6-8-14)16-19-13(10-26-16)9-15(21)20-18(2,11-24-3)17(22)23/h5-8,10H,4,9,11H2,1-3H3,(H,20,21)(H,22,23). The van der Waals surface area contributed by atoms with Crippen LogP contribution in [-0.4, -0.2) is 47.8 Å². The molecule has 0 radical (unpaired) electrons. The molecule has 1 aromatic carbocycles. The molecule has 0 saturated carbocycles. The summed E-state index contributed by atoms with van der Waals surface area (Å²) in [6, 6.07) is 7.56. The molecule has 2 rings (SSSR count). The molecular weight excluding hydrogens is 356 g/mol. The van der Waals surface area contributed by atoms with Gasteiger partial charge in [0.05, 0.1) is 25.3 Å². The highest BCUT2D eigenvalue weighted by atomic mass is 32.1. The molecule has 8 heteroatoms. The van der Waals surface area contributed by atoms with Gasteiger partial charge in [0, 0.05) is 18.1 Å². The fourth-order valence-electron chi connectivity index (χ4n) is 2.34. The molecule has 0 aliphatic heterocycles. The van der Waals surface area contributed by atoms with E-state index in [0.717, 1.165) is 16.3 Å². The summed E-state index contributed by atoms with van der Waals surface area (Å²) in [5, 5.41) is 14.3. The minimum atomic E-state index is -1.47. The number of carboxylic acid groups (broad SMARTS) is 1.